The van der Waals surface area contributed by atoms with E-state index in [1.807, 2.05) is 86.3 Å². The molecule has 0 unspecified atom stereocenters. The minimum absolute atomic E-state index is 0.00700. The fourth-order valence-corrected chi connectivity index (χ4v) is 7.11. The lowest BCUT2D eigenvalue weighted by Gasteiger charge is -2.39. The minimum Gasteiger partial charge on any atom is -0.392 e. The van der Waals surface area contributed by atoms with Crippen LogP contribution in [-0.2, 0) is 29.0 Å². The second kappa shape index (κ2) is 10.3. The number of likely N-dealkylation sites (tertiary alicyclic amines) is 1. The van der Waals surface area contributed by atoms with E-state index in [0.29, 0.717) is 0 Å². The van der Waals surface area contributed by atoms with E-state index in [9.17, 15) is 14.7 Å². The smallest absolute Gasteiger partial charge is 0.239 e. The molecule has 0 spiro atoms. The van der Waals surface area contributed by atoms with Crippen molar-refractivity contribution in [3.8, 4) is 0 Å². The number of benzene rings is 3. The zero-order valence-corrected chi connectivity index (χ0v) is 22.4. The molecule has 0 aromatic heterocycles. The van der Waals surface area contributed by atoms with Crippen molar-refractivity contribution in [3.63, 3.8) is 0 Å². The Kier molecular flexibility index (Phi) is 7.15. The van der Waals surface area contributed by atoms with E-state index in [-0.39, 0.29) is 36.9 Å². The molecule has 2 N–H and O–H groups in total. The number of amides is 2. The van der Waals surface area contributed by atoms with E-state index >= 15 is 0 Å². The van der Waals surface area contributed by atoms with Crippen LogP contribution in [0.25, 0.3) is 0 Å². The Morgan fingerprint density at radius 1 is 1.03 bits per heavy atom. The van der Waals surface area contributed by atoms with Gasteiger partial charge in [-0.1, -0.05) is 66.2 Å². The van der Waals surface area contributed by atoms with Gasteiger partial charge in [0.15, 0.2) is 0 Å². The molecule has 0 bridgehead atoms. The Labute approximate surface area is 223 Å². The molecule has 2 aliphatic rings. The predicted octanol–water partition coefficient (Wildman–Crippen LogP) is 4.98. The van der Waals surface area contributed by atoms with Crippen molar-refractivity contribution >= 4 is 23.6 Å². The van der Waals surface area contributed by atoms with Gasteiger partial charge in [0.2, 0.25) is 11.8 Å². The second-order valence-electron chi connectivity index (χ2n) is 10.5. The normalized spacial score (nSPS) is 21.5. The summed E-state index contributed by atoms with van der Waals surface area (Å²) in [7, 11) is 0. The van der Waals surface area contributed by atoms with Crippen LogP contribution in [0.3, 0.4) is 0 Å². The van der Waals surface area contributed by atoms with Crippen LogP contribution in [-0.4, -0.2) is 38.7 Å². The van der Waals surface area contributed by atoms with E-state index in [0.717, 1.165) is 34.4 Å². The average Bonchev–Trinajstić information content (AvgIpc) is 3.44. The van der Waals surface area contributed by atoms with Gasteiger partial charge < -0.3 is 15.3 Å². The van der Waals surface area contributed by atoms with Crippen LogP contribution >= 0.6 is 11.8 Å². The first kappa shape index (κ1) is 25.6. The standard InChI is InChI=1S/C31H34N2O3S/c1-20(2)32-30(36)31(37-27-14-8-21(3)9-15-27)18-28(35)33(26-16-24-6-4-5-7-25(24)17-26)29(31)23-12-10-22(19-34)11-13-23/h4-15,20,26,29,34H,16-19H2,1-3H3,(H,32,36)/t29-,31-/m1/s1. The van der Waals surface area contributed by atoms with E-state index in [1.54, 1.807) is 0 Å². The Morgan fingerprint density at radius 3 is 2.22 bits per heavy atom. The summed E-state index contributed by atoms with van der Waals surface area (Å²) >= 11 is 1.50. The monoisotopic (exact) mass is 514 g/mol. The van der Waals surface area contributed by atoms with E-state index in [1.165, 1.54) is 22.9 Å². The lowest BCUT2D eigenvalue weighted by Crippen LogP contribution is -2.51. The molecule has 5 nitrogen and oxygen atoms in total. The fraction of sp³-hybridized carbons (Fsp3) is 0.355. The van der Waals surface area contributed by atoms with Crippen LogP contribution < -0.4 is 5.32 Å². The lowest BCUT2D eigenvalue weighted by molar-refractivity contribution is -0.131. The molecule has 0 saturated carbocycles. The van der Waals surface area contributed by atoms with Gasteiger partial charge in [0, 0.05) is 17.0 Å². The lowest BCUT2D eigenvalue weighted by atomic mass is 9.90. The van der Waals surface area contributed by atoms with Crippen LogP contribution in [0.1, 0.15) is 54.1 Å². The number of fused-ring (bicyclic) bond motifs is 1. The quantitative estimate of drug-likeness (QED) is 0.466. The van der Waals surface area contributed by atoms with Crippen LogP contribution in [0, 0.1) is 6.92 Å². The van der Waals surface area contributed by atoms with Crippen molar-refractivity contribution in [2.45, 2.75) is 74.4 Å². The Balaban J connectivity index is 1.63. The van der Waals surface area contributed by atoms with Crippen molar-refractivity contribution in [2.24, 2.45) is 0 Å². The van der Waals surface area contributed by atoms with Crippen molar-refractivity contribution < 1.29 is 14.7 Å². The summed E-state index contributed by atoms with van der Waals surface area (Å²) in [5.74, 6) is -0.108. The number of aryl methyl sites for hydroxylation is 1. The van der Waals surface area contributed by atoms with Gasteiger partial charge in [-0.15, -0.1) is 11.8 Å². The van der Waals surface area contributed by atoms with Crippen LogP contribution in [0.5, 0.6) is 0 Å². The molecule has 1 heterocycles. The summed E-state index contributed by atoms with van der Waals surface area (Å²) < 4.78 is -1.04. The number of nitrogens with zero attached hydrogens (tertiary/aromatic N) is 1. The van der Waals surface area contributed by atoms with E-state index in [2.05, 4.69) is 17.4 Å². The Morgan fingerprint density at radius 2 is 1.65 bits per heavy atom. The van der Waals surface area contributed by atoms with Gasteiger partial charge >= 0.3 is 0 Å². The molecule has 6 heteroatoms. The molecule has 3 aromatic rings. The van der Waals surface area contributed by atoms with Gasteiger partial charge in [-0.2, -0.15) is 0 Å². The third-order valence-electron chi connectivity index (χ3n) is 7.45. The van der Waals surface area contributed by atoms with Gasteiger partial charge in [-0.3, -0.25) is 9.59 Å². The molecule has 5 rings (SSSR count). The average molecular weight is 515 g/mol. The number of aliphatic hydroxyl groups is 1. The van der Waals surface area contributed by atoms with E-state index in [4.69, 9.17) is 0 Å². The number of thioether (sulfide) groups is 1. The van der Waals surface area contributed by atoms with Gasteiger partial charge in [-0.25, -0.2) is 0 Å². The third kappa shape index (κ3) is 4.92. The molecule has 1 saturated heterocycles. The maximum atomic E-state index is 14.1. The highest BCUT2D eigenvalue weighted by Crippen LogP contribution is 2.54. The number of rotatable bonds is 7. The molecule has 192 valence electrons. The highest BCUT2D eigenvalue weighted by molar-refractivity contribution is 8.01. The summed E-state index contributed by atoms with van der Waals surface area (Å²) in [6.07, 6.45) is 1.69. The maximum absolute atomic E-state index is 14.1. The number of nitrogens with one attached hydrogen (secondary N) is 1. The number of carbonyl (C=O) groups is 2. The molecule has 37 heavy (non-hydrogen) atoms. The van der Waals surface area contributed by atoms with Crippen LogP contribution in [0.4, 0.5) is 0 Å². The van der Waals surface area contributed by atoms with Gasteiger partial charge in [0.25, 0.3) is 0 Å². The highest BCUT2D eigenvalue weighted by Gasteiger charge is 2.59. The highest BCUT2D eigenvalue weighted by atomic mass is 32.2. The minimum atomic E-state index is -1.04. The molecular formula is C31H34N2O3S. The van der Waals surface area contributed by atoms with E-state index < -0.39 is 10.8 Å². The molecule has 0 radical (unpaired) electrons. The molecular weight excluding hydrogens is 480 g/mol. The number of aliphatic hydroxyl groups excluding tert-OH is 1. The summed E-state index contributed by atoms with van der Waals surface area (Å²) in [5, 5.41) is 12.8. The van der Waals surface area contributed by atoms with Crippen molar-refractivity contribution in [1.82, 2.24) is 10.2 Å². The second-order valence-corrected chi connectivity index (χ2v) is 11.9. The fourth-order valence-electron chi connectivity index (χ4n) is 5.71. The van der Waals surface area contributed by atoms with Crippen molar-refractivity contribution in [3.05, 3.63) is 101 Å². The van der Waals surface area contributed by atoms with Crippen molar-refractivity contribution in [2.75, 3.05) is 0 Å². The molecule has 1 aliphatic heterocycles. The topological polar surface area (TPSA) is 69.6 Å². The number of carbonyl (C=O) groups excluding carboxylic acids is 2. The third-order valence-corrected chi connectivity index (χ3v) is 8.87. The first-order chi connectivity index (χ1) is 17.8. The zero-order chi connectivity index (χ0) is 26.2. The van der Waals surface area contributed by atoms with Gasteiger partial charge in [0.05, 0.1) is 19.1 Å². The number of hydrogen-bond donors (Lipinski definition) is 2. The van der Waals surface area contributed by atoms with Gasteiger partial charge in [0.1, 0.15) is 4.75 Å². The zero-order valence-electron chi connectivity index (χ0n) is 21.6. The summed E-state index contributed by atoms with van der Waals surface area (Å²) in [4.78, 5) is 31.1. The van der Waals surface area contributed by atoms with Gasteiger partial charge in [-0.05, 0) is 68.0 Å². The number of hydrogen-bond acceptors (Lipinski definition) is 4. The summed E-state index contributed by atoms with van der Waals surface area (Å²) in [6.45, 7) is 5.90. The molecule has 1 aliphatic carbocycles. The molecule has 3 aromatic carbocycles. The molecule has 2 atom stereocenters. The van der Waals surface area contributed by atoms with Crippen LogP contribution in [0.2, 0.25) is 0 Å². The first-order valence-electron chi connectivity index (χ1n) is 12.9. The SMILES string of the molecule is Cc1ccc(S[C@]2(C(=O)NC(C)C)CC(=O)N(C3Cc4ccccc4C3)[C@@H]2c2ccc(CO)cc2)cc1. The predicted molar refractivity (Wildman–Crippen MR) is 147 cm³/mol. The largest absolute Gasteiger partial charge is 0.392 e. The Bertz CT molecular complexity index is 1260. The summed E-state index contributed by atoms with van der Waals surface area (Å²) in [5.41, 5.74) is 5.40. The maximum Gasteiger partial charge on any atom is 0.239 e. The van der Waals surface area contributed by atoms with Crippen LogP contribution in [0.15, 0.2) is 77.7 Å². The first-order valence-corrected chi connectivity index (χ1v) is 13.8. The van der Waals surface area contributed by atoms with Crippen molar-refractivity contribution in [1.29, 1.82) is 0 Å². The summed E-state index contributed by atoms with van der Waals surface area (Å²) in [6, 6.07) is 23.7. The molecule has 2 amide bonds. The molecule has 1 fully saturated rings. The Hall–Kier alpha value is -3.09.